The van der Waals surface area contributed by atoms with Crippen LogP contribution in [0.1, 0.15) is 32.8 Å². The van der Waals surface area contributed by atoms with Crippen molar-refractivity contribution in [3.05, 3.63) is 66.2 Å². The number of anilines is 1. The molecule has 1 heterocycles. The van der Waals surface area contributed by atoms with E-state index in [4.69, 9.17) is 5.10 Å². The van der Waals surface area contributed by atoms with E-state index in [9.17, 15) is 0 Å². The van der Waals surface area contributed by atoms with Crippen LogP contribution in [0.5, 0.6) is 0 Å². The molecule has 2 nitrogen and oxygen atoms in total. The van der Waals surface area contributed by atoms with Gasteiger partial charge in [0.2, 0.25) is 0 Å². The minimum Gasteiger partial charge on any atom is -0.250 e. The molecule has 1 atom stereocenters. The van der Waals surface area contributed by atoms with Gasteiger partial charge in [-0.3, -0.25) is 0 Å². The van der Waals surface area contributed by atoms with Crippen LogP contribution in [0.2, 0.25) is 0 Å². The van der Waals surface area contributed by atoms with E-state index < -0.39 is 0 Å². The SMILES string of the molecule is CC(C)(C)C#C[C@@H]1CC(c2ccccc2)=NN1c1ccccc1. The minimum atomic E-state index is -0.00212. The van der Waals surface area contributed by atoms with Crippen LogP contribution in [0.3, 0.4) is 0 Å². The van der Waals surface area contributed by atoms with E-state index in [-0.39, 0.29) is 11.5 Å². The Balaban J connectivity index is 1.95. The standard InChI is InChI=1S/C21H22N2/c1-21(2,3)15-14-19-16-20(17-10-6-4-7-11-17)22-23(19)18-12-8-5-9-13-18/h4-13,19H,16H2,1-3H3/t19-/m1/s1. The largest absolute Gasteiger partial charge is 0.250 e. The zero-order valence-corrected chi connectivity index (χ0v) is 14.0. The van der Waals surface area contributed by atoms with Gasteiger partial charge >= 0.3 is 0 Å². The van der Waals surface area contributed by atoms with E-state index in [1.165, 1.54) is 5.56 Å². The molecule has 2 heteroatoms. The summed E-state index contributed by atoms with van der Waals surface area (Å²) < 4.78 is 0. The molecule has 0 N–H and O–H groups in total. The van der Waals surface area contributed by atoms with Crippen molar-refractivity contribution in [2.45, 2.75) is 33.2 Å². The number of rotatable bonds is 2. The van der Waals surface area contributed by atoms with Crippen molar-refractivity contribution in [2.24, 2.45) is 10.5 Å². The van der Waals surface area contributed by atoms with Gasteiger partial charge in [0.25, 0.3) is 0 Å². The number of hydrogen-bond acceptors (Lipinski definition) is 2. The maximum Gasteiger partial charge on any atom is 0.119 e. The van der Waals surface area contributed by atoms with Gasteiger partial charge in [-0.25, -0.2) is 5.01 Å². The Labute approximate surface area is 138 Å². The number of benzene rings is 2. The van der Waals surface area contributed by atoms with E-state index in [1.807, 2.05) is 24.3 Å². The quantitative estimate of drug-likeness (QED) is 0.733. The molecule has 0 radical (unpaired) electrons. The van der Waals surface area contributed by atoms with Gasteiger partial charge in [-0.05, 0) is 38.5 Å². The fourth-order valence-corrected chi connectivity index (χ4v) is 2.55. The maximum atomic E-state index is 4.86. The summed E-state index contributed by atoms with van der Waals surface area (Å²) in [7, 11) is 0. The predicted molar refractivity (Wildman–Crippen MR) is 97.5 cm³/mol. The highest BCUT2D eigenvalue weighted by Gasteiger charge is 2.27. The molecule has 0 saturated heterocycles. The van der Waals surface area contributed by atoms with Gasteiger partial charge in [-0.2, -0.15) is 5.10 Å². The Bertz CT molecular complexity index is 743. The molecular weight excluding hydrogens is 280 g/mol. The molecule has 0 bridgehead atoms. The maximum absolute atomic E-state index is 4.86. The molecule has 0 fully saturated rings. The Kier molecular flexibility index (Phi) is 4.21. The van der Waals surface area contributed by atoms with Crippen LogP contribution in [-0.4, -0.2) is 11.8 Å². The summed E-state index contributed by atoms with van der Waals surface area (Å²) in [5.41, 5.74) is 3.36. The zero-order valence-electron chi connectivity index (χ0n) is 14.0. The molecule has 0 spiro atoms. The predicted octanol–water partition coefficient (Wildman–Crippen LogP) is 4.72. The summed E-state index contributed by atoms with van der Waals surface area (Å²) in [6.45, 7) is 6.42. The molecule has 2 aromatic carbocycles. The highest BCUT2D eigenvalue weighted by molar-refractivity contribution is 6.03. The first-order valence-corrected chi connectivity index (χ1v) is 8.03. The van der Waals surface area contributed by atoms with Crippen molar-refractivity contribution >= 4 is 11.4 Å². The number of para-hydroxylation sites is 1. The van der Waals surface area contributed by atoms with E-state index in [2.05, 4.69) is 74.0 Å². The van der Waals surface area contributed by atoms with E-state index in [0.29, 0.717) is 0 Å². The summed E-state index contributed by atoms with van der Waals surface area (Å²) in [5.74, 6) is 6.80. The summed E-state index contributed by atoms with van der Waals surface area (Å²) >= 11 is 0. The van der Waals surface area contributed by atoms with E-state index in [1.54, 1.807) is 0 Å². The van der Waals surface area contributed by atoms with Crippen molar-refractivity contribution in [3.63, 3.8) is 0 Å². The van der Waals surface area contributed by atoms with Gasteiger partial charge in [-0.15, -0.1) is 0 Å². The average Bonchev–Trinajstić information content (AvgIpc) is 2.98. The smallest absolute Gasteiger partial charge is 0.119 e. The normalized spacial score (nSPS) is 17.4. The first-order valence-electron chi connectivity index (χ1n) is 8.03. The van der Waals surface area contributed by atoms with Gasteiger partial charge in [0.05, 0.1) is 11.4 Å². The Hall–Kier alpha value is -2.53. The first-order chi connectivity index (χ1) is 11.0. The molecule has 0 unspecified atom stereocenters. The van der Waals surface area contributed by atoms with Gasteiger partial charge in [0.1, 0.15) is 6.04 Å². The Morgan fingerprint density at radius 2 is 1.57 bits per heavy atom. The fraction of sp³-hybridized carbons (Fsp3) is 0.286. The van der Waals surface area contributed by atoms with Crippen molar-refractivity contribution in [1.82, 2.24) is 0 Å². The van der Waals surface area contributed by atoms with Crippen molar-refractivity contribution in [1.29, 1.82) is 0 Å². The minimum absolute atomic E-state index is 0.00212. The van der Waals surface area contributed by atoms with Crippen LogP contribution >= 0.6 is 0 Å². The van der Waals surface area contributed by atoms with Gasteiger partial charge < -0.3 is 0 Å². The number of hydrogen-bond donors (Lipinski definition) is 0. The highest BCUT2D eigenvalue weighted by atomic mass is 15.5. The Morgan fingerprint density at radius 1 is 0.957 bits per heavy atom. The molecule has 1 aliphatic rings. The fourth-order valence-electron chi connectivity index (χ4n) is 2.55. The Morgan fingerprint density at radius 3 is 2.17 bits per heavy atom. The summed E-state index contributed by atoms with van der Waals surface area (Å²) in [6, 6.07) is 20.7. The second kappa shape index (κ2) is 6.30. The van der Waals surface area contributed by atoms with Crippen LogP contribution < -0.4 is 5.01 Å². The topological polar surface area (TPSA) is 15.6 Å². The van der Waals surface area contributed by atoms with Crippen LogP contribution in [0.25, 0.3) is 0 Å². The molecule has 1 aliphatic heterocycles. The monoisotopic (exact) mass is 302 g/mol. The lowest BCUT2D eigenvalue weighted by Gasteiger charge is -2.19. The number of hydrazone groups is 1. The summed E-state index contributed by atoms with van der Waals surface area (Å²) in [6.07, 6.45) is 0.849. The van der Waals surface area contributed by atoms with E-state index >= 15 is 0 Å². The molecule has 116 valence electrons. The molecule has 0 amide bonds. The third kappa shape index (κ3) is 3.81. The van der Waals surface area contributed by atoms with Gasteiger partial charge in [0, 0.05) is 11.8 Å². The molecule has 0 saturated carbocycles. The van der Waals surface area contributed by atoms with Crippen molar-refractivity contribution in [2.75, 3.05) is 5.01 Å². The van der Waals surface area contributed by atoms with Crippen molar-refractivity contribution in [3.8, 4) is 11.8 Å². The van der Waals surface area contributed by atoms with Gasteiger partial charge in [0.15, 0.2) is 0 Å². The van der Waals surface area contributed by atoms with Crippen molar-refractivity contribution < 1.29 is 0 Å². The van der Waals surface area contributed by atoms with E-state index in [0.717, 1.165) is 17.8 Å². The molecule has 3 rings (SSSR count). The summed E-state index contributed by atoms with van der Waals surface area (Å²) in [4.78, 5) is 0. The molecule has 23 heavy (non-hydrogen) atoms. The molecular formula is C21H22N2. The lowest BCUT2D eigenvalue weighted by Crippen LogP contribution is -2.25. The lowest BCUT2D eigenvalue weighted by atomic mass is 9.96. The summed E-state index contributed by atoms with van der Waals surface area (Å²) in [5, 5.41) is 6.91. The third-order valence-electron chi connectivity index (χ3n) is 3.65. The lowest BCUT2D eigenvalue weighted by molar-refractivity contribution is 0.569. The third-order valence-corrected chi connectivity index (χ3v) is 3.65. The first kappa shape index (κ1) is 15.4. The molecule has 2 aromatic rings. The average molecular weight is 302 g/mol. The van der Waals surface area contributed by atoms with Crippen LogP contribution in [0.15, 0.2) is 65.8 Å². The number of nitrogens with zero attached hydrogens (tertiary/aromatic N) is 2. The zero-order chi connectivity index (χ0) is 16.3. The molecule has 0 aliphatic carbocycles. The van der Waals surface area contributed by atoms with Gasteiger partial charge in [-0.1, -0.05) is 60.4 Å². The molecule has 0 aromatic heterocycles. The van der Waals surface area contributed by atoms with Crippen LogP contribution in [0.4, 0.5) is 5.69 Å². The second-order valence-electron chi connectivity index (χ2n) is 6.83. The van der Waals surface area contributed by atoms with Crippen LogP contribution in [-0.2, 0) is 0 Å². The highest BCUT2D eigenvalue weighted by Crippen LogP contribution is 2.26. The van der Waals surface area contributed by atoms with Crippen LogP contribution in [0, 0.1) is 17.3 Å². The second-order valence-corrected chi connectivity index (χ2v) is 6.83.